The van der Waals surface area contributed by atoms with E-state index in [-0.39, 0.29) is 24.3 Å². The lowest BCUT2D eigenvalue weighted by Crippen LogP contribution is -2.39. The first-order chi connectivity index (χ1) is 9.36. The SMILES string of the molecule is COC(=O)C(C)CN(C)C(=O)C(N)c1ccc(C)cc1. The van der Waals surface area contributed by atoms with E-state index in [0.717, 1.165) is 11.1 Å². The molecule has 5 heteroatoms. The van der Waals surface area contributed by atoms with Crippen molar-refractivity contribution in [1.29, 1.82) is 0 Å². The number of nitrogens with two attached hydrogens (primary N) is 1. The minimum absolute atomic E-state index is 0.218. The number of esters is 1. The van der Waals surface area contributed by atoms with Crippen molar-refractivity contribution in [2.45, 2.75) is 19.9 Å². The van der Waals surface area contributed by atoms with Gasteiger partial charge < -0.3 is 15.4 Å². The van der Waals surface area contributed by atoms with Gasteiger partial charge >= 0.3 is 5.97 Å². The number of aryl methyl sites for hydroxylation is 1. The van der Waals surface area contributed by atoms with Crippen molar-refractivity contribution in [1.82, 2.24) is 4.90 Å². The van der Waals surface area contributed by atoms with Crippen LogP contribution in [0.15, 0.2) is 24.3 Å². The average Bonchev–Trinajstić information content (AvgIpc) is 2.45. The molecule has 0 aliphatic carbocycles. The van der Waals surface area contributed by atoms with Gasteiger partial charge in [-0.3, -0.25) is 9.59 Å². The van der Waals surface area contributed by atoms with Crippen LogP contribution in [0.2, 0.25) is 0 Å². The van der Waals surface area contributed by atoms with Gasteiger partial charge in [0.25, 0.3) is 0 Å². The van der Waals surface area contributed by atoms with E-state index in [1.54, 1.807) is 14.0 Å². The molecule has 0 spiro atoms. The number of likely N-dealkylation sites (N-methyl/N-ethyl adjacent to an activating group) is 1. The van der Waals surface area contributed by atoms with Crippen LogP contribution in [0.4, 0.5) is 0 Å². The Kier molecular flexibility index (Phi) is 5.70. The predicted octanol–water partition coefficient (Wildman–Crippen LogP) is 1.26. The highest BCUT2D eigenvalue weighted by atomic mass is 16.5. The highest BCUT2D eigenvalue weighted by Gasteiger charge is 2.23. The summed E-state index contributed by atoms with van der Waals surface area (Å²) in [6.07, 6.45) is 0. The van der Waals surface area contributed by atoms with E-state index in [2.05, 4.69) is 4.74 Å². The minimum atomic E-state index is -0.717. The van der Waals surface area contributed by atoms with Crippen LogP contribution < -0.4 is 5.73 Å². The fourth-order valence-corrected chi connectivity index (χ4v) is 1.93. The Bertz CT molecular complexity index is 471. The second-order valence-electron chi connectivity index (χ2n) is 5.03. The van der Waals surface area contributed by atoms with E-state index >= 15 is 0 Å². The van der Waals surface area contributed by atoms with Crippen LogP contribution in [0, 0.1) is 12.8 Å². The van der Waals surface area contributed by atoms with Gasteiger partial charge in [0, 0.05) is 13.6 Å². The summed E-state index contributed by atoms with van der Waals surface area (Å²) in [6.45, 7) is 3.97. The molecule has 0 aromatic heterocycles. The highest BCUT2D eigenvalue weighted by molar-refractivity contribution is 5.83. The zero-order chi connectivity index (χ0) is 15.3. The van der Waals surface area contributed by atoms with E-state index < -0.39 is 6.04 Å². The molecule has 0 saturated carbocycles. The number of ether oxygens (including phenoxy) is 1. The third kappa shape index (κ3) is 4.06. The normalized spacial score (nSPS) is 13.4. The summed E-state index contributed by atoms with van der Waals surface area (Å²) in [6, 6.07) is 6.80. The molecular weight excluding hydrogens is 256 g/mol. The molecular formula is C15H22N2O3. The molecule has 0 heterocycles. The fraction of sp³-hybridized carbons (Fsp3) is 0.467. The lowest BCUT2D eigenvalue weighted by Gasteiger charge is -2.23. The number of carbonyl (C=O) groups is 2. The van der Waals surface area contributed by atoms with E-state index in [1.165, 1.54) is 12.0 Å². The highest BCUT2D eigenvalue weighted by Crippen LogP contribution is 2.14. The predicted molar refractivity (Wildman–Crippen MR) is 76.9 cm³/mol. The maximum absolute atomic E-state index is 12.2. The van der Waals surface area contributed by atoms with Crippen molar-refractivity contribution in [2.75, 3.05) is 20.7 Å². The summed E-state index contributed by atoms with van der Waals surface area (Å²) >= 11 is 0. The first-order valence-corrected chi connectivity index (χ1v) is 6.51. The Labute approximate surface area is 119 Å². The number of benzene rings is 1. The summed E-state index contributed by atoms with van der Waals surface area (Å²) in [5.74, 6) is -0.933. The standard InChI is InChI=1S/C15H22N2O3/c1-10-5-7-12(8-6-10)13(16)14(18)17(3)9-11(2)15(19)20-4/h5-8,11,13H,9,16H2,1-4H3. The Morgan fingerprint density at radius 1 is 1.30 bits per heavy atom. The molecule has 2 N–H and O–H groups in total. The molecule has 1 aromatic rings. The van der Waals surface area contributed by atoms with E-state index in [0.29, 0.717) is 0 Å². The van der Waals surface area contributed by atoms with E-state index in [4.69, 9.17) is 5.73 Å². The van der Waals surface area contributed by atoms with Gasteiger partial charge in [-0.15, -0.1) is 0 Å². The van der Waals surface area contributed by atoms with Crippen LogP contribution in [0.1, 0.15) is 24.1 Å². The molecule has 0 radical (unpaired) electrons. The molecule has 0 aliphatic rings. The molecule has 110 valence electrons. The molecule has 2 atom stereocenters. The van der Waals surface area contributed by atoms with Gasteiger partial charge in [-0.25, -0.2) is 0 Å². The Balaban J connectivity index is 2.68. The molecule has 1 rings (SSSR count). The van der Waals surface area contributed by atoms with Crippen molar-refractivity contribution in [3.05, 3.63) is 35.4 Å². The molecule has 0 aliphatic heterocycles. The molecule has 1 amide bonds. The van der Waals surface area contributed by atoms with Crippen LogP contribution in [0.25, 0.3) is 0 Å². The largest absolute Gasteiger partial charge is 0.469 e. The first kappa shape index (κ1) is 16.2. The summed E-state index contributed by atoms with van der Waals surface area (Å²) in [5, 5.41) is 0. The summed E-state index contributed by atoms with van der Waals surface area (Å²) in [4.78, 5) is 25.0. The van der Waals surface area contributed by atoms with Gasteiger partial charge in [-0.1, -0.05) is 36.8 Å². The van der Waals surface area contributed by atoms with Crippen molar-refractivity contribution in [2.24, 2.45) is 11.7 Å². The summed E-state index contributed by atoms with van der Waals surface area (Å²) < 4.78 is 4.64. The number of methoxy groups -OCH3 is 1. The van der Waals surface area contributed by atoms with Crippen molar-refractivity contribution < 1.29 is 14.3 Å². The second kappa shape index (κ2) is 7.05. The van der Waals surface area contributed by atoms with E-state index in [1.807, 2.05) is 31.2 Å². The second-order valence-corrected chi connectivity index (χ2v) is 5.03. The van der Waals surface area contributed by atoms with Crippen molar-refractivity contribution in [3.8, 4) is 0 Å². The molecule has 0 bridgehead atoms. The molecule has 2 unspecified atom stereocenters. The van der Waals surface area contributed by atoms with Crippen LogP contribution in [0.3, 0.4) is 0 Å². The number of carbonyl (C=O) groups excluding carboxylic acids is 2. The number of hydrogen-bond donors (Lipinski definition) is 1. The molecule has 20 heavy (non-hydrogen) atoms. The Morgan fingerprint density at radius 2 is 1.85 bits per heavy atom. The Hall–Kier alpha value is -1.88. The monoisotopic (exact) mass is 278 g/mol. The van der Waals surface area contributed by atoms with Gasteiger partial charge in [-0.05, 0) is 12.5 Å². The van der Waals surface area contributed by atoms with Gasteiger partial charge in [-0.2, -0.15) is 0 Å². The Morgan fingerprint density at radius 3 is 2.35 bits per heavy atom. The number of hydrogen-bond acceptors (Lipinski definition) is 4. The van der Waals surface area contributed by atoms with Gasteiger partial charge in [0.1, 0.15) is 6.04 Å². The van der Waals surface area contributed by atoms with Gasteiger partial charge in [0.2, 0.25) is 5.91 Å². The molecule has 1 aromatic carbocycles. The lowest BCUT2D eigenvalue weighted by molar-refractivity contribution is -0.146. The summed E-state index contributed by atoms with van der Waals surface area (Å²) in [7, 11) is 2.97. The van der Waals surface area contributed by atoms with Crippen molar-refractivity contribution in [3.63, 3.8) is 0 Å². The van der Waals surface area contributed by atoms with Crippen LogP contribution in [-0.2, 0) is 14.3 Å². The number of nitrogens with zero attached hydrogens (tertiary/aromatic N) is 1. The van der Waals surface area contributed by atoms with Gasteiger partial charge in [0.15, 0.2) is 0 Å². The summed E-state index contributed by atoms with van der Waals surface area (Å²) in [5.41, 5.74) is 7.84. The number of amides is 1. The maximum atomic E-state index is 12.2. The third-order valence-corrected chi connectivity index (χ3v) is 3.23. The lowest BCUT2D eigenvalue weighted by atomic mass is 10.0. The first-order valence-electron chi connectivity index (χ1n) is 6.51. The fourth-order valence-electron chi connectivity index (χ4n) is 1.93. The average molecular weight is 278 g/mol. The zero-order valence-electron chi connectivity index (χ0n) is 12.4. The molecule has 0 saturated heterocycles. The van der Waals surface area contributed by atoms with Crippen molar-refractivity contribution >= 4 is 11.9 Å². The third-order valence-electron chi connectivity index (χ3n) is 3.23. The zero-order valence-corrected chi connectivity index (χ0v) is 12.4. The topological polar surface area (TPSA) is 72.6 Å². The van der Waals surface area contributed by atoms with E-state index in [9.17, 15) is 9.59 Å². The molecule has 5 nitrogen and oxygen atoms in total. The van der Waals surface area contributed by atoms with Crippen LogP contribution in [0.5, 0.6) is 0 Å². The smallest absolute Gasteiger partial charge is 0.310 e. The maximum Gasteiger partial charge on any atom is 0.310 e. The van der Waals surface area contributed by atoms with Gasteiger partial charge in [0.05, 0.1) is 13.0 Å². The van der Waals surface area contributed by atoms with Crippen LogP contribution in [-0.4, -0.2) is 37.5 Å². The van der Waals surface area contributed by atoms with Crippen LogP contribution >= 0.6 is 0 Å². The quantitative estimate of drug-likeness (QED) is 0.823. The minimum Gasteiger partial charge on any atom is -0.469 e. The number of rotatable bonds is 5. The molecule has 0 fully saturated rings.